The van der Waals surface area contributed by atoms with Crippen molar-refractivity contribution in [3.05, 3.63) is 10.6 Å². The quantitative estimate of drug-likeness (QED) is 0.468. The van der Waals surface area contributed by atoms with Gasteiger partial charge < -0.3 is 25.1 Å². The van der Waals surface area contributed by atoms with Crippen molar-refractivity contribution in [2.24, 2.45) is 11.8 Å². The smallest absolute Gasteiger partial charge is 0.353 e. The molecule has 0 bridgehead atoms. The Labute approximate surface area is 143 Å². The number of carbonyl (C=O) groups excluding carboxylic acids is 1. The van der Waals surface area contributed by atoms with E-state index in [1.165, 1.54) is 11.8 Å². The standard InChI is InChI=1S/C14H20N2O5S2/c1-6-9-8(7(2)18)12(19)16(9)10(13(20)21)11(6)23-14(22)15(3)4-5-17/h6-9,17-18H,4-5H2,1-3H3,(H,20,21). The van der Waals surface area contributed by atoms with Crippen LogP contribution in [0.1, 0.15) is 13.8 Å². The third kappa shape index (κ3) is 2.98. The molecular formula is C14H20N2O5S2. The second kappa shape index (κ2) is 6.76. The fraction of sp³-hybridized carbons (Fsp3) is 0.643. The monoisotopic (exact) mass is 360 g/mol. The molecule has 1 saturated heterocycles. The zero-order chi connectivity index (χ0) is 17.5. The van der Waals surface area contributed by atoms with Crippen LogP contribution >= 0.6 is 24.0 Å². The summed E-state index contributed by atoms with van der Waals surface area (Å²) in [6.07, 6.45) is -0.824. The molecule has 3 N–H and O–H groups in total. The molecule has 128 valence electrons. The molecule has 0 aliphatic carbocycles. The Morgan fingerprint density at radius 3 is 2.61 bits per heavy atom. The second-order valence-electron chi connectivity index (χ2n) is 5.79. The number of thioether (sulfide) groups is 1. The molecule has 1 fully saturated rings. The Morgan fingerprint density at radius 1 is 1.52 bits per heavy atom. The molecule has 7 nitrogen and oxygen atoms in total. The summed E-state index contributed by atoms with van der Waals surface area (Å²) in [7, 11) is 1.71. The molecule has 9 heteroatoms. The number of hydrogen-bond acceptors (Lipinski definition) is 6. The lowest BCUT2D eigenvalue weighted by Crippen LogP contribution is -2.63. The highest BCUT2D eigenvalue weighted by atomic mass is 32.2. The van der Waals surface area contributed by atoms with Crippen LogP contribution in [0.5, 0.6) is 0 Å². The topological polar surface area (TPSA) is 101 Å². The molecule has 2 aliphatic rings. The molecule has 0 saturated carbocycles. The maximum atomic E-state index is 12.2. The van der Waals surface area contributed by atoms with Crippen LogP contribution < -0.4 is 0 Å². The summed E-state index contributed by atoms with van der Waals surface area (Å²) in [6.45, 7) is 3.66. The Hall–Kier alpha value is -1.16. The number of aliphatic hydroxyl groups excluding tert-OH is 2. The van der Waals surface area contributed by atoms with Gasteiger partial charge in [-0.1, -0.05) is 30.9 Å². The molecule has 4 atom stereocenters. The SMILES string of the molecule is CC(O)C1C(=O)N2C(C(=O)O)=C(SC(=S)N(C)CCO)C(C)C12. The van der Waals surface area contributed by atoms with Crippen LogP contribution in [0.15, 0.2) is 10.6 Å². The molecule has 0 aromatic heterocycles. The molecule has 2 heterocycles. The molecule has 2 aliphatic heterocycles. The Morgan fingerprint density at radius 2 is 2.13 bits per heavy atom. The third-order valence-electron chi connectivity index (χ3n) is 4.26. The van der Waals surface area contributed by atoms with Crippen LogP contribution in [0.25, 0.3) is 0 Å². The number of hydrogen-bond donors (Lipinski definition) is 3. The van der Waals surface area contributed by atoms with Crippen molar-refractivity contribution in [1.82, 2.24) is 9.80 Å². The third-order valence-corrected chi connectivity index (χ3v) is 6.09. The van der Waals surface area contributed by atoms with Crippen LogP contribution in [0.4, 0.5) is 0 Å². The molecule has 1 amide bonds. The van der Waals surface area contributed by atoms with E-state index in [-0.39, 0.29) is 30.2 Å². The molecule has 0 aromatic carbocycles. The van der Waals surface area contributed by atoms with Crippen LogP contribution in [0.2, 0.25) is 0 Å². The van der Waals surface area contributed by atoms with E-state index in [9.17, 15) is 19.8 Å². The summed E-state index contributed by atoms with van der Waals surface area (Å²) in [5.74, 6) is -2.34. The van der Waals surface area contributed by atoms with E-state index in [0.29, 0.717) is 15.8 Å². The molecule has 0 aromatic rings. The number of fused-ring (bicyclic) bond motifs is 1. The lowest BCUT2D eigenvalue weighted by atomic mass is 9.79. The van der Waals surface area contributed by atoms with Gasteiger partial charge in [-0.25, -0.2) is 4.79 Å². The highest BCUT2D eigenvalue weighted by molar-refractivity contribution is 8.25. The maximum Gasteiger partial charge on any atom is 0.353 e. The van der Waals surface area contributed by atoms with Gasteiger partial charge in [0.25, 0.3) is 0 Å². The van der Waals surface area contributed by atoms with Gasteiger partial charge in [-0.2, -0.15) is 0 Å². The molecular weight excluding hydrogens is 340 g/mol. The van der Waals surface area contributed by atoms with E-state index in [1.54, 1.807) is 11.9 Å². The number of carbonyl (C=O) groups is 2. The summed E-state index contributed by atoms with van der Waals surface area (Å²) in [5.41, 5.74) is -0.0471. The van der Waals surface area contributed by atoms with Gasteiger partial charge in [0, 0.05) is 24.4 Å². The number of amides is 1. The first-order chi connectivity index (χ1) is 10.7. The number of carboxylic acids is 1. The van der Waals surface area contributed by atoms with Crippen LogP contribution in [-0.2, 0) is 9.59 Å². The van der Waals surface area contributed by atoms with Crippen molar-refractivity contribution in [2.75, 3.05) is 20.2 Å². The molecule has 2 rings (SSSR count). The van der Waals surface area contributed by atoms with E-state index in [0.717, 1.165) is 11.8 Å². The van der Waals surface area contributed by atoms with Gasteiger partial charge in [-0.05, 0) is 6.92 Å². The Balaban J connectivity index is 2.29. The van der Waals surface area contributed by atoms with E-state index in [2.05, 4.69) is 0 Å². The Kier molecular flexibility index (Phi) is 5.34. The molecule has 0 spiro atoms. The zero-order valence-corrected chi connectivity index (χ0v) is 14.7. The fourth-order valence-corrected chi connectivity index (χ4v) is 4.47. The first-order valence-electron chi connectivity index (χ1n) is 7.24. The summed E-state index contributed by atoms with van der Waals surface area (Å²) in [4.78, 5) is 27.3. The number of aliphatic hydroxyl groups is 2. The molecule has 0 radical (unpaired) electrons. The minimum atomic E-state index is -1.17. The minimum absolute atomic E-state index is 0.0471. The normalized spacial score (nSPS) is 27.6. The summed E-state index contributed by atoms with van der Waals surface area (Å²) in [6, 6.07) is -0.345. The number of likely N-dealkylation sites (N-methyl/N-ethyl adjacent to an activating group) is 1. The van der Waals surface area contributed by atoms with Crippen molar-refractivity contribution < 1.29 is 24.9 Å². The summed E-state index contributed by atoms with van der Waals surface area (Å²) in [5, 5.41) is 28.2. The second-order valence-corrected chi connectivity index (χ2v) is 7.46. The average molecular weight is 360 g/mol. The first-order valence-corrected chi connectivity index (χ1v) is 8.47. The molecule has 4 unspecified atom stereocenters. The van der Waals surface area contributed by atoms with Crippen LogP contribution in [0, 0.1) is 11.8 Å². The van der Waals surface area contributed by atoms with E-state index in [1.807, 2.05) is 6.92 Å². The number of β-lactam (4-membered cyclic amide) rings is 1. The minimum Gasteiger partial charge on any atom is -0.477 e. The number of aliphatic carboxylic acids is 1. The van der Waals surface area contributed by atoms with Crippen molar-refractivity contribution in [2.45, 2.75) is 26.0 Å². The van der Waals surface area contributed by atoms with Gasteiger partial charge in [0.15, 0.2) is 0 Å². The largest absolute Gasteiger partial charge is 0.477 e. The van der Waals surface area contributed by atoms with Gasteiger partial charge in [-0.15, -0.1) is 0 Å². The molecule has 23 heavy (non-hydrogen) atoms. The highest BCUT2D eigenvalue weighted by Crippen LogP contribution is 2.50. The van der Waals surface area contributed by atoms with Gasteiger partial charge in [0.1, 0.15) is 10.0 Å². The van der Waals surface area contributed by atoms with E-state index in [4.69, 9.17) is 17.3 Å². The van der Waals surface area contributed by atoms with Crippen molar-refractivity contribution in [3.8, 4) is 0 Å². The zero-order valence-electron chi connectivity index (χ0n) is 13.1. The van der Waals surface area contributed by atoms with Gasteiger partial charge in [0.2, 0.25) is 5.91 Å². The average Bonchev–Trinajstić information content (AvgIpc) is 2.69. The van der Waals surface area contributed by atoms with Crippen LogP contribution in [-0.4, -0.2) is 73.7 Å². The number of rotatable bonds is 5. The Bertz CT molecular complexity index is 578. The van der Waals surface area contributed by atoms with Crippen molar-refractivity contribution in [3.63, 3.8) is 0 Å². The van der Waals surface area contributed by atoms with Crippen LogP contribution in [0.3, 0.4) is 0 Å². The summed E-state index contributed by atoms with van der Waals surface area (Å²) >= 11 is 6.41. The van der Waals surface area contributed by atoms with Gasteiger partial charge >= 0.3 is 5.97 Å². The number of nitrogens with zero attached hydrogens (tertiary/aromatic N) is 2. The first kappa shape index (κ1) is 18.2. The summed E-state index contributed by atoms with van der Waals surface area (Å²) < 4.78 is 0.434. The predicted molar refractivity (Wildman–Crippen MR) is 89.5 cm³/mol. The maximum absolute atomic E-state index is 12.2. The van der Waals surface area contributed by atoms with E-state index < -0.39 is 18.0 Å². The lowest BCUT2D eigenvalue weighted by Gasteiger charge is -2.46. The van der Waals surface area contributed by atoms with E-state index >= 15 is 0 Å². The highest BCUT2D eigenvalue weighted by Gasteiger charge is 2.60. The van der Waals surface area contributed by atoms with Gasteiger partial charge in [0.05, 0.1) is 24.7 Å². The van der Waals surface area contributed by atoms with Crippen molar-refractivity contribution in [1.29, 1.82) is 0 Å². The fourth-order valence-electron chi connectivity index (χ4n) is 3.07. The van der Waals surface area contributed by atoms with Crippen molar-refractivity contribution >= 4 is 40.2 Å². The van der Waals surface area contributed by atoms with Gasteiger partial charge in [-0.3, -0.25) is 4.79 Å². The number of thiocarbonyl (C=S) groups is 1. The number of carboxylic acid groups (broad SMARTS) is 1. The predicted octanol–water partition coefficient (Wildman–Crippen LogP) is 0.0823. The lowest BCUT2D eigenvalue weighted by molar-refractivity contribution is -0.163.